The van der Waals surface area contributed by atoms with E-state index >= 15 is 0 Å². The summed E-state index contributed by atoms with van der Waals surface area (Å²) in [7, 11) is 0. The summed E-state index contributed by atoms with van der Waals surface area (Å²) in [6.07, 6.45) is 7.56. The van der Waals surface area contributed by atoms with Gasteiger partial charge in [0.1, 0.15) is 6.17 Å². The minimum absolute atomic E-state index is 0.0685. The van der Waals surface area contributed by atoms with Gasteiger partial charge in [-0.3, -0.25) is 4.79 Å². The Morgan fingerprint density at radius 3 is 3.06 bits per heavy atom. The molecule has 0 radical (unpaired) electrons. The Balaban J connectivity index is 2.08. The number of carbonyl (C=O) groups is 1. The molecule has 2 rings (SSSR count). The lowest BCUT2D eigenvalue weighted by Gasteiger charge is -2.27. The second-order valence-electron chi connectivity index (χ2n) is 4.58. The Labute approximate surface area is 101 Å². The lowest BCUT2D eigenvalue weighted by Crippen LogP contribution is -2.35. The summed E-state index contributed by atoms with van der Waals surface area (Å²) in [5.74, 6) is 0.571. The monoisotopic (exact) mass is 237 g/mol. The molecule has 94 valence electrons. The van der Waals surface area contributed by atoms with Gasteiger partial charge in [0.15, 0.2) is 0 Å². The van der Waals surface area contributed by atoms with Crippen molar-refractivity contribution in [3.63, 3.8) is 0 Å². The summed E-state index contributed by atoms with van der Waals surface area (Å²) < 4.78 is 1.78. The fraction of sp³-hybridized carbons (Fsp3) is 0.667. The summed E-state index contributed by atoms with van der Waals surface area (Å²) in [4.78, 5) is 17.7. The van der Waals surface area contributed by atoms with Crippen LogP contribution in [0.1, 0.15) is 32.4 Å². The third-order valence-electron chi connectivity index (χ3n) is 3.33. The summed E-state index contributed by atoms with van der Waals surface area (Å²) in [5, 5.41) is 9.45. The second-order valence-corrected chi connectivity index (χ2v) is 4.58. The summed E-state index contributed by atoms with van der Waals surface area (Å²) in [6.45, 7) is 2.81. The van der Waals surface area contributed by atoms with E-state index in [9.17, 15) is 9.90 Å². The largest absolute Gasteiger partial charge is 0.392 e. The van der Waals surface area contributed by atoms with Crippen molar-refractivity contribution < 1.29 is 9.90 Å². The number of carbonyl (C=O) groups excluding carboxylic acids is 1. The van der Waals surface area contributed by atoms with Crippen molar-refractivity contribution in [2.45, 2.75) is 32.4 Å². The maximum Gasteiger partial charge on any atom is 0.224 e. The molecule has 2 unspecified atom stereocenters. The molecular weight excluding hydrogens is 218 g/mol. The number of hydrogen-bond acceptors (Lipinski definition) is 3. The number of amides is 1. The van der Waals surface area contributed by atoms with Crippen LogP contribution in [-0.2, 0) is 4.79 Å². The highest BCUT2D eigenvalue weighted by Gasteiger charge is 2.34. The zero-order valence-corrected chi connectivity index (χ0v) is 10.1. The highest BCUT2D eigenvalue weighted by atomic mass is 16.3. The Hall–Kier alpha value is -1.36. The number of imidazole rings is 1. The van der Waals surface area contributed by atoms with Gasteiger partial charge in [0.05, 0.1) is 12.9 Å². The molecule has 1 aliphatic rings. The van der Waals surface area contributed by atoms with Crippen LogP contribution in [0.4, 0.5) is 0 Å². The molecule has 1 fully saturated rings. The van der Waals surface area contributed by atoms with Crippen molar-refractivity contribution in [1.29, 1.82) is 0 Å². The van der Waals surface area contributed by atoms with Crippen molar-refractivity contribution >= 4 is 5.91 Å². The molecule has 1 aliphatic heterocycles. The molecule has 0 aliphatic carbocycles. The zero-order valence-electron chi connectivity index (χ0n) is 10.1. The van der Waals surface area contributed by atoms with Gasteiger partial charge >= 0.3 is 0 Å². The van der Waals surface area contributed by atoms with Crippen molar-refractivity contribution in [2.75, 3.05) is 13.2 Å². The topological polar surface area (TPSA) is 58.4 Å². The molecule has 5 heteroatoms. The molecule has 0 aromatic carbocycles. The van der Waals surface area contributed by atoms with E-state index in [1.165, 1.54) is 0 Å². The molecule has 1 aromatic heterocycles. The Bertz CT molecular complexity index is 364. The first-order valence-electron chi connectivity index (χ1n) is 6.14. The van der Waals surface area contributed by atoms with E-state index in [-0.39, 0.29) is 18.7 Å². The van der Waals surface area contributed by atoms with E-state index in [1.807, 2.05) is 0 Å². The Morgan fingerprint density at radius 1 is 1.65 bits per heavy atom. The number of aliphatic hydroxyl groups is 1. The van der Waals surface area contributed by atoms with Gasteiger partial charge in [-0.15, -0.1) is 0 Å². The van der Waals surface area contributed by atoms with Crippen molar-refractivity contribution in [1.82, 2.24) is 14.5 Å². The smallest absolute Gasteiger partial charge is 0.224 e. The van der Waals surface area contributed by atoms with E-state index in [4.69, 9.17) is 0 Å². The average molecular weight is 237 g/mol. The molecule has 5 nitrogen and oxygen atoms in total. The van der Waals surface area contributed by atoms with E-state index in [0.29, 0.717) is 12.3 Å². The van der Waals surface area contributed by atoms with E-state index in [1.54, 1.807) is 28.2 Å². The number of aromatic nitrogens is 2. The van der Waals surface area contributed by atoms with Crippen LogP contribution in [0.5, 0.6) is 0 Å². The number of nitrogens with zero attached hydrogens (tertiary/aromatic N) is 3. The highest BCUT2D eigenvalue weighted by Crippen LogP contribution is 2.27. The zero-order chi connectivity index (χ0) is 12.3. The van der Waals surface area contributed by atoms with Crippen LogP contribution in [0.2, 0.25) is 0 Å². The van der Waals surface area contributed by atoms with E-state index in [2.05, 4.69) is 11.9 Å². The fourth-order valence-corrected chi connectivity index (χ4v) is 2.50. The quantitative estimate of drug-likeness (QED) is 0.832. The molecular formula is C12H19N3O2. The molecule has 2 atom stereocenters. The third kappa shape index (κ3) is 2.49. The third-order valence-corrected chi connectivity index (χ3v) is 3.33. The SMILES string of the molecule is CCCC1CC(=O)N(C(CO)n2ccnc2)C1. The Morgan fingerprint density at radius 2 is 2.47 bits per heavy atom. The standard InChI is InChI=1S/C12H19N3O2/c1-2-3-10-6-12(17)15(7-10)11(8-16)14-5-4-13-9-14/h4-5,9-11,16H,2-3,6-8H2,1H3. The van der Waals surface area contributed by atoms with Gasteiger partial charge in [-0.05, 0) is 12.3 Å². The molecule has 1 N–H and O–H groups in total. The van der Waals surface area contributed by atoms with Gasteiger partial charge in [0, 0.05) is 25.4 Å². The van der Waals surface area contributed by atoms with Gasteiger partial charge in [0.2, 0.25) is 5.91 Å². The Kier molecular flexibility index (Phi) is 3.78. The van der Waals surface area contributed by atoms with Crippen LogP contribution < -0.4 is 0 Å². The van der Waals surface area contributed by atoms with Crippen LogP contribution >= 0.6 is 0 Å². The lowest BCUT2D eigenvalue weighted by atomic mass is 10.0. The van der Waals surface area contributed by atoms with E-state index < -0.39 is 0 Å². The van der Waals surface area contributed by atoms with Gasteiger partial charge in [-0.1, -0.05) is 13.3 Å². The molecule has 1 amide bonds. The van der Waals surface area contributed by atoms with Crippen LogP contribution in [0, 0.1) is 5.92 Å². The number of likely N-dealkylation sites (tertiary alicyclic amines) is 1. The predicted octanol–water partition coefficient (Wildman–Crippen LogP) is 1.02. The predicted molar refractivity (Wildman–Crippen MR) is 63.1 cm³/mol. The van der Waals surface area contributed by atoms with E-state index in [0.717, 1.165) is 19.4 Å². The van der Waals surface area contributed by atoms with Gasteiger partial charge in [0.25, 0.3) is 0 Å². The summed E-state index contributed by atoms with van der Waals surface area (Å²) in [6, 6.07) is 0. The van der Waals surface area contributed by atoms with Crippen LogP contribution in [0.25, 0.3) is 0 Å². The normalized spacial score (nSPS) is 22.1. The minimum atomic E-state index is -0.299. The minimum Gasteiger partial charge on any atom is -0.392 e. The van der Waals surface area contributed by atoms with Crippen LogP contribution in [0.3, 0.4) is 0 Å². The van der Waals surface area contributed by atoms with Crippen molar-refractivity contribution in [3.8, 4) is 0 Å². The van der Waals surface area contributed by atoms with Gasteiger partial charge in [-0.2, -0.15) is 0 Å². The molecule has 0 bridgehead atoms. The molecule has 0 spiro atoms. The first-order valence-corrected chi connectivity index (χ1v) is 6.14. The highest BCUT2D eigenvalue weighted by molar-refractivity contribution is 5.78. The lowest BCUT2D eigenvalue weighted by molar-refractivity contribution is -0.132. The maximum atomic E-state index is 11.9. The summed E-state index contributed by atoms with van der Waals surface area (Å²) in [5.41, 5.74) is 0. The van der Waals surface area contributed by atoms with Crippen molar-refractivity contribution in [2.24, 2.45) is 5.92 Å². The van der Waals surface area contributed by atoms with Gasteiger partial charge in [-0.25, -0.2) is 4.98 Å². The van der Waals surface area contributed by atoms with Crippen LogP contribution in [-0.4, -0.2) is 38.6 Å². The first kappa shape index (κ1) is 12.1. The maximum absolute atomic E-state index is 11.9. The average Bonchev–Trinajstić information content (AvgIpc) is 2.92. The number of hydrogen-bond donors (Lipinski definition) is 1. The van der Waals surface area contributed by atoms with Crippen LogP contribution in [0.15, 0.2) is 18.7 Å². The molecule has 1 aromatic rings. The molecule has 1 saturated heterocycles. The number of rotatable bonds is 5. The first-order chi connectivity index (χ1) is 8.26. The van der Waals surface area contributed by atoms with Gasteiger partial charge < -0.3 is 14.6 Å². The second kappa shape index (κ2) is 5.31. The molecule has 0 saturated carbocycles. The summed E-state index contributed by atoms with van der Waals surface area (Å²) >= 11 is 0. The number of aliphatic hydroxyl groups excluding tert-OH is 1. The fourth-order valence-electron chi connectivity index (χ4n) is 2.50. The molecule has 17 heavy (non-hydrogen) atoms. The molecule has 2 heterocycles. The van der Waals surface area contributed by atoms with Crippen molar-refractivity contribution in [3.05, 3.63) is 18.7 Å².